The van der Waals surface area contributed by atoms with E-state index >= 15 is 0 Å². The van der Waals surface area contributed by atoms with E-state index in [9.17, 15) is 5.11 Å². The molecular weight excluding hydrogens is 384 g/mol. The number of benzene rings is 3. The molecule has 1 aromatic heterocycles. The van der Waals surface area contributed by atoms with Gasteiger partial charge in [0.15, 0.2) is 0 Å². The first-order valence-corrected chi connectivity index (χ1v) is 9.54. The van der Waals surface area contributed by atoms with Gasteiger partial charge in [0.1, 0.15) is 24.3 Å². The Balaban J connectivity index is 0.00000240. The molecule has 1 unspecified atom stereocenters. The summed E-state index contributed by atoms with van der Waals surface area (Å²) in [5.41, 5.74) is 4.36. The molecule has 1 heterocycles. The van der Waals surface area contributed by atoms with Crippen molar-refractivity contribution in [3.8, 4) is 5.75 Å². The predicted octanol–water partition coefficient (Wildman–Crippen LogP) is 4.80. The van der Waals surface area contributed by atoms with Gasteiger partial charge in [-0.3, -0.25) is 0 Å². The van der Waals surface area contributed by atoms with E-state index in [-0.39, 0.29) is 19.0 Å². The number of hydrogen-bond donors (Lipinski definition) is 1. The molecule has 0 saturated heterocycles. The minimum absolute atomic E-state index is 0. The lowest BCUT2D eigenvalue weighted by Gasteiger charge is -2.16. The van der Waals surface area contributed by atoms with Crippen LogP contribution >= 0.6 is 12.4 Å². The van der Waals surface area contributed by atoms with E-state index in [0.29, 0.717) is 6.54 Å². The average Bonchev–Trinajstić information content (AvgIpc) is 3.05. The number of halogens is 1. The van der Waals surface area contributed by atoms with Crippen molar-refractivity contribution in [2.24, 2.45) is 0 Å². The molecule has 0 aliphatic carbocycles. The number of ether oxygens (including phenoxy) is 1. The molecule has 3 aromatic carbocycles. The van der Waals surface area contributed by atoms with Gasteiger partial charge in [-0.15, -0.1) is 12.4 Å². The summed E-state index contributed by atoms with van der Waals surface area (Å²) in [7, 11) is 0. The Morgan fingerprint density at radius 2 is 1.62 bits per heavy atom. The summed E-state index contributed by atoms with van der Waals surface area (Å²) in [6.07, 6.45) is 0.0922. The monoisotopic (exact) mass is 408 g/mol. The standard InChI is InChI=1S/C24H24N2O2.ClH/c1-18-11-13-21(14-12-18)28-17-20(27)16-26-23-10-6-5-9-22(23)25-24(26)15-19-7-3-2-4-8-19;/h2-14,20,27H,15-17H2,1H3;1H. The van der Waals surface area contributed by atoms with Crippen molar-refractivity contribution in [2.45, 2.75) is 26.0 Å². The predicted molar refractivity (Wildman–Crippen MR) is 119 cm³/mol. The van der Waals surface area contributed by atoms with Crippen LogP contribution in [-0.4, -0.2) is 27.4 Å². The van der Waals surface area contributed by atoms with Crippen LogP contribution in [0, 0.1) is 6.92 Å². The van der Waals surface area contributed by atoms with Crippen LogP contribution in [0.3, 0.4) is 0 Å². The molecule has 1 atom stereocenters. The number of imidazole rings is 1. The fraction of sp³-hybridized carbons (Fsp3) is 0.208. The van der Waals surface area contributed by atoms with Gasteiger partial charge in [-0.05, 0) is 36.8 Å². The third kappa shape index (κ3) is 5.17. The van der Waals surface area contributed by atoms with E-state index in [0.717, 1.165) is 29.0 Å². The number of fused-ring (bicyclic) bond motifs is 1. The molecule has 0 bridgehead atoms. The van der Waals surface area contributed by atoms with Gasteiger partial charge in [-0.25, -0.2) is 4.98 Å². The largest absolute Gasteiger partial charge is 0.491 e. The SMILES string of the molecule is Cc1ccc(OCC(O)Cn2c(Cc3ccccc3)nc3ccccc32)cc1.Cl. The first-order chi connectivity index (χ1) is 13.7. The first-order valence-electron chi connectivity index (χ1n) is 9.54. The Kier molecular flexibility index (Phi) is 6.91. The molecule has 0 spiro atoms. The highest BCUT2D eigenvalue weighted by Crippen LogP contribution is 2.20. The summed E-state index contributed by atoms with van der Waals surface area (Å²) in [5, 5.41) is 10.6. The summed E-state index contributed by atoms with van der Waals surface area (Å²) in [4.78, 5) is 4.80. The van der Waals surface area contributed by atoms with Crippen molar-refractivity contribution in [1.29, 1.82) is 0 Å². The highest BCUT2D eigenvalue weighted by molar-refractivity contribution is 5.85. The van der Waals surface area contributed by atoms with E-state index < -0.39 is 6.10 Å². The zero-order valence-electron chi connectivity index (χ0n) is 16.4. The summed E-state index contributed by atoms with van der Waals surface area (Å²) in [6, 6.07) is 26.2. The lowest BCUT2D eigenvalue weighted by atomic mass is 10.1. The quantitative estimate of drug-likeness (QED) is 0.478. The lowest BCUT2D eigenvalue weighted by Crippen LogP contribution is -2.24. The van der Waals surface area contributed by atoms with Crippen molar-refractivity contribution in [3.63, 3.8) is 0 Å². The minimum atomic E-state index is -0.631. The number of rotatable bonds is 7. The second kappa shape index (κ2) is 9.59. The smallest absolute Gasteiger partial charge is 0.119 e. The van der Waals surface area contributed by atoms with Crippen molar-refractivity contribution in [2.75, 3.05) is 6.61 Å². The van der Waals surface area contributed by atoms with Gasteiger partial charge in [0.25, 0.3) is 0 Å². The molecule has 4 rings (SSSR count). The van der Waals surface area contributed by atoms with E-state index in [1.807, 2.05) is 73.7 Å². The fourth-order valence-electron chi connectivity index (χ4n) is 3.33. The fourth-order valence-corrected chi connectivity index (χ4v) is 3.33. The van der Waals surface area contributed by atoms with Crippen LogP contribution in [0.15, 0.2) is 78.9 Å². The van der Waals surface area contributed by atoms with Crippen LogP contribution in [0.4, 0.5) is 0 Å². The Labute approximate surface area is 177 Å². The summed E-state index contributed by atoms with van der Waals surface area (Å²) < 4.78 is 7.86. The maximum absolute atomic E-state index is 10.6. The minimum Gasteiger partial charge on any atom is -0.491 e. The maximum Gasteiger partial charge on any atom is 0.119 e. The van der Waals surface area contributed by atoms with Gasteiger partial charge >= 0.3 is 0 Å². The first kappa shape index (κ1) is 20.9. The number of aryl methyl sites for hydroxylation is 1. The molecule has 0 saturated carbocycles. The molecule has 29 heavy (non-hydrogen) atoms. The van der Waals surface area contributed by atoms with E-state index in [2.05, 4.69) is 16.7 Å². The molecule has 0 fully saturated rings. The molecule has 4 nitrogen and oxygen atoms in total. The van der Waals surface area contributed by atoms with Gasteiger partial charge in [0, 0.05) is 6.42 Å². The molecule has 4 aromatic rings. The number of nitrogens with zero attached hydrogens (tertiary/aromatic N) is 2. The Morgan fingerprint density at radius 3 is 2.38 bits per heavy atom. The zero-order valence-corrected chi connectivity index (χ0v) is 17.2. The zero-order chi connectivity index (χ0) is 19.3. The van der Waals surface area contributed by atoms with Crippen molar-refractivity contribution in [1.82, 2.24) is 9.55 Å². The van der Waals surface area contributed by atoms with Crippen LogP contribution < -0.4 is 4.74 Å². The van der Waals surface area contributed by atoms with Crippen molar-refractivity contribution >= 4 is 23.4 Å². The number of aliphatic hydroxyl groups is 1. The summed E-state index contributed by atoms with van der Waals surface area (Å²) >= 11 is 0. The second-order valence-corrected chi connectivity index (χ2v) is 7.07. The van der Waals surface area contributed by atoms with Gasteiger partial charge in [-0.2, -0.15) is 0 Å². The number of aromatic nitrogens is 2. The molecule has 0 aliphatic rings. The molecule has 0 amide bonds. The Morgan fingerprint density at radius 1 is 0.931 bits per heavy atom. The van der Waals surface area contributed by atoms with Gasteiger partial charge < -0.3 is 14.4 Å². The second-order valence-electron chi connectivity index (χ2n) is 7.07. The number of hydrogen-bond acceptors (Lipinski definition) is 3. The highest BCUT2D eigenvalue weighted by Gasteiger charge is 2.15. The summed E-state index contributed by atoms with van der Waals surface area (Å²) in [6.45, 7) is 2.71. The van der Waals surface area contributed by atoms with Crippen molar-refractivity contribution < 1.29 is 9.84 Å². The van der Waals surface area contributed by atoms with Crippen LogP contribution in [0.1, 0.15) is 17.0 Å². The Hall–Kier alpha value is -2.82. The number of para-hydroxylation sites is 2. The lowest BCUT2D eigenvalue weighted by molar-refractivity contribution is 0.0928. The Bertz CT molecular complexity index is 1050. The van der Waals surface area contributed by atoms with Crippen LogP contribution in [0.25, 0.3) is 11.0 Å². The normalized spacial score (nSPS) is 11.8. The van der Waals surface area contributed by atoms with Crippen LogP contribution in [-0.2, 0) is 13.0 Å². The summed E-state index contributed by atoms with van der Waals surface area (Å²) in [5.74, 6) is 1.71. The molecule has 0 aliphatic heterocycles. The van der Waals surface area contributed by atoms with E-state index in [1.54, 1.807) is 0 Å². The van der Waals surface area contributed by atoms with Gasteiger partial charge in [-0.1, -0.05) is 60.2 Å². The molecule has 1 N–H and O–H groups in total. The van der Waals surface area contributed by atoms with Crippen LogP contribution in [0.2, 0.25) is 0 Å². The van der Waals surface area contributed by atoms with Gasteiger partial charge in [0.05, 0.1) is 17.6 Å². The van der Waals surface area contributed by atoms with Gasteiger partial charge in [0.2, 0.25) is 0 Å². The topological polar surface area (TPSA) is 47.3 Å². The average molecular weight is 409 g/mol. The molecule has 0 radical (unpaired) electrons. The number of aliphatic hydroxyl groups excluding tert-OH is 1. The maximum atomic E-state index is 10.6. The van der Waals surface area contributed by atoms with E-state index in [4.69, 9.17) is 9.72 Å². The third-order valence-electron chi connectivity index (χ3n) is 4.80. The third-order valence-corrected chi connectivity index (χ3v) is 4.80. The molecule has 150 valence electrons. The van der Waals surface area contributed by atoms with Crippen molar-refractivity contribution in [3.05, 3.63) is 95.8 Å². The molecule has 5 heteroatoms. The highest BCUT2D eigenvalue weighted by atomic mass is 35.5. The molecular formula is C24H25ClN2O2. The van der Waals surface area contributed by atoms with E-state index in [1.165, 1.54) is 11.1 Å². The van der Waals surface area contributed by atoms with Crippen LogP contribution in [0.5, 0.6) is 5.75 Å².